The van der Waals surface area contributed by atoms with E-state index in [-0.39, 0.29) is 5.97 Å². The van der Waals surface area contributed by atoms with E-state index in [0.717, 1.165) is 0 Å². The second-order valence-electron chi connectivity index (χ2n) is 2.42. The normalized spacial score (nSPS) is 8.50. The summed E-state index contributed by atoms with van der Waals surface area (Å²) in [6, 6.07) is 0. The lowest BCUT2D eigenvalue weighted by Crippen LogP contribution is -2.19. The molecule has 12 heavy (non-hydrogen) atoms. The molecular weight excluding hydrogens is 178 g/mol. The zero-order chi connectivity index (χ0) is 10.1. The predicted octanol–water partition coefficient (Wildman–Crippen LogP) is 1.48. The van der Waals surface area contributed by atoms with Crippen LogP contribution in [0.25, 0.3) is 0 Å². The van der Waals surface area contributed by atoms with Gasteiger partial charge in [-0.25, -0.2) is 4.79 Å². The van der Waals surface area contributed by atoms with Crippen molar-refractivity contribution in [3.05, 3.63) is 12.2 Å². The summed E-state index contributed by atoms with van der Waals surface area (Å²) in [5, 5.41) is 0. The second-order valence-corrected chi connectivity index (χ2v) is 2.42. The first-order chi connectivity index (χ1) is 5.54. The van der Waals surface area contributed by atoms with Gasteiger partial charge in [0.2, 0.25) is 0 Å². The fraction of sp³-hybridized carbons (Fsp3) is 0.625. The fourth-order valence-corrected chi connectivity index (χ4v) is 0.311. The summed E-state index contributed by atoms with van der Waals surface area (Å²) in [7, 11) is 3.65. The Balaban J connectivity index is 0. The van der Waals surface area contributed by atoms with Gasteiger partial charge in [-0.15, -0.1) is 11.6 Å². The van der Waals surface area contributed by atoms with Crippen LogP contribution in [-0.4, -0.2) is 38.1 Å². The van der Waals surface area contributed by atoms with E-state index in [9.17, 15) is 4.79 Å². The number of nitrogens with zero attached hydrogens (tertiary/aromatic N) is 1. The minimum Gasteiger partial charge on any atom is -0.446 e. The van der Waals surface area contributed by atoms with Crippen molar-refractivity contribution in [2.45, 2.75) is 6.92 Å². The summed E-state index contributed by atoms with van der Waals surface area (Å²) in [6.07, 6.45) is 1.47. The van der Waals surface area contributed by atoms with Crippen molar-refractivity contribution in [1.82, 2.24) is 4.90 Å². The zero-order valence-electron chi connectivity index (χ0n) is 8.06. The zero-order valence-corrected chi connectivity index (χ0v) is 8.81. The maximum absolute atomic E-state index is 10.7. The van der Waals surface area contributed by atoms with Crippen LogP contribution in [0.2, 0.25) is 0 Å². The molecule has 0 aliphatic rings. The predicted molar refractivity (Wildman–Crippen MR) is 51.2 cm³/mol. The highest BCUT2D eigenvalue weighted by molar-refractivity contribution is 6.15. The van der Waals surface area contributed by atoms with Crippen molar-refractivity contribution in [3.63, 3.8) is 0 Å². The Morgan fingerprint density at radius 1 is 1.50 bits per heavy atom. The quantitative estimate of drug-likeness (QED) is 0.294. The molecule has 0 radical (unpaired) electrons. The number of hydrogen-bond donors (Lipinski definition) is 0. The summed E-state index contributed by atoms with van der Waals surface area (Å²) < 4.78 is 4.75. The fourth-order valence-electron chi connectivity index (χ4n) is 0.311. The summed E-state index contributed by atoms with van der Waals surface area (Å²) in [5.41, 5.74) is 0.432. The number of esters is 1. The molecule has 0 rings (SSSR count). The molecule has 0 N–H and O–H groups in total. The van der Waals surface area contributed by atoms with Gasteiger partial charge in [0.05, 0.1) is 0 Å². The molecule has 0 saturated carbocycles. The van der Waals surface area contributed by atoms with Gasteiger partial charge in [0.25, 0.3) is 0 Å². The molecule has 0 aliphatic carbocycles. The number of hydrogen-bond acceptors (Lipinski definition) is 3. The Bertz CT molecular complexity index is 146. The first kappa shape index (κ1) is 14.0. The minimum absolute atomic E-state index is 0.311. The van der Waals surface area contributed by atoms with Gasteiger partial charge in [-0.1, -0.05) is 6.58 Å². The molecule has 0 saturated heterocycles. The maximum atomic E-state index is 10.7. The van der Waals surface area contributed by atoms with E-state index in [2.05, 4.69) is 18.2 Å². The molecule has 0 spiro atoms. The van der Waals surface area contributed by atoms with Crippen molar-refractivity contribution < 1.29 is 9.53 Å². The largest absolute Gasteiger partial charge is 0.446 e. The van der Waals surface area contributed by atoms with Crippen molar-refractivity contribution >= 4 is 17.6 Å². The highest BCUT2D eigenvalue weighted by Crippen LogP contribution is 1.91. The molecule has 0 aromatic heterocycles. The Hall–Kier alpha value is -0.540. The Morgan fingerprint density at radius 3 is 2.17 bits per heavy atom. The van der Waals surface area contributed by atoms with Gasteiger partial charge >= 0.3 is 5.97 Å². The molecular formula is C8H16ClNO2. The van der Waals surface area contributed by atoms with Crippen LogP contribution < -0.4 is 0 Å². The minimum atomic E-state index is -0.339. The summed E-state index contributed by atoms with van der Waals surface area (Å²) in [5.74, 6) is -0.339. The molecule has 3 nitrogen and oxygen atoms in total. The lowest BCUT2D eigenvalue weighted by Gasteiger charge is -2.09. The molecule has 0 heterocycles. The van der Waals surface area contributed by atoms with Gasteiger partial charge < -0.3 is 4.74 Å². The van der Waals surface area contributed by atoms with Crippen LogP contribution in [0.1, 0.15) is 6.92 Å². The van der Waals surface area contributed by atoms with Gasteiger partial charge in [-0.3, -0.25) is 4.90 Å². The summed E-state index contributed by atoms with van der Waals surface area (Å²) >= 11 is 4.64. The third-order valence-electron chi connectivity index (χ3n) is 0.802. The van der Waals surface area contributed by atoms with Crippen LogP contribution in [0.5, 0.6) is 0 Å². The summed E-state index contributed by atoms with van der Waals surface area (Å²) in [6.45, 7) is 5.37. The molecule has 0 unspecified atom stereocenters. The lowest BCUT2D eigenvalue weighted by molar-refractivity contribution is -0.142. The van der Waals surface area contributed by atoms with Crippen LogP contribution >= 0.6 is 11.6 Å². The van der Waals surface area contributed by atoms with E-state index >= 15 is 0 Å². The van der Waals surface area contributed by atoms with Gasteiger partial charge in [-0.2, -0.15) is 0 Å². The van der Waals surface area contributed by atoms with Crippen LogP contribution in [0.4, 0.5) is 0 Å². The monoisotopic (exact) mass is 193 g/mol. The molecule has 4 heteroatoms. The molecule has 0 aromatic carbocycles. The van der Waals surface area contributed by atoms with Crippen LogP contribution in [-0.2, 0) is 9.53 Å². The third kappa shape index (κ3) is 9.46. The number of alkyl halides is 1. The van der Waals surface area contributed by atoms with E-state index in [1.807, 2.05) is 14.1 Å². The van der Waals surface area contributed by atoms with Crippen molar-refractivity contribution in [3.8, 4) is 0 Å². The molecule has 0 aromatic rings. The number of rotatable bonds is 3. The number of ether oxygens (including phenoxy) is 1. The van der Waals surface area contributed by atoms with Gasteiger partial charge in [0, 0.05) is 12.0 Å². The second kappa shape index (κ2) is 8.56. The molecule has 0 atom stereocenters. The van der Waals surface area contributed by atoms with Crippen molar-refractivity contribution in [2.75, 3.05) is 27.2 Å². The number of carbonyl (C=O) groups excluding carboxylic acids is 1. The topological polar surface area (TPSA) is 29.5 Å². The van der Waals surface area contributed by atoms with Crippen LogP contribution in [0.3, 0.4) is 0 Å². The average molecular weight is 194 g/mol. The number of carbonyl (C=O) groups is 1. The molecule has 0 fully saturated rings. The van der Waals surface area contributed by atoms with Gasteiger partial charge in [0.15, 0.2) is 0 Å². The van der Waals surface area contributed by atoms with Crippen LogP contribution in [0, 0.1) is 0 Å². The molecule has 0 amide bonds. The van der Waals surface area contributed by atoms with Crippen LogP contribution in [0.15, 0.2) is 12.2 Å². The highest BCUT2D eigenvalue weighted by Gasteiger charge is 2.01. The van der Waals surface area contributed by atoms with Crippen molar-refractivity contribution in [1.29, 1.82) is 0 Å². The molecule has 0 bridgehead atoms. The van der Waals surface area contributed by atoms with E-state index in [1.54, 1.807) is 11.8 Å². The average Bonchev–Trinajstić information content (AvgIpc) is 2.03. The van der Waals surface area contributed by atoms with E-state index in [4.69, 9.17) is 4.74 Å². The summed E-state index contributed by atoms with van der Waals surface area (Å²) in [4.78, 5) is 12.5. The van der Waals surface area contributed by atoms with Crippen molar-refractivity contribution in [2.24, 2.45) is 0 Å². The van der Waals surface area contributed by atoms with E-state index in [1.165, 1.54) is 6.38 Å². The molecule has 0 aliphatic heterocycles. The van der Waals surface area contributed by atoms with E-state index in [0.29, 0.717) is 12.3 Å². The Morgan fingerprint density at radius 2 is 1.92 bits per heavy atom. The first-order valence-electron chi connectivity index (χ1n) is 3.39. The molecule has 72 valence electrons. The SMILES string of the molecule is C=C(C)C(=O)OCN(C)C.CCl. The number of halogens is 1. The third-order valence-corrected chi connectivity index (χ3v) is 0.802. The maximum Gasteiger partial charge on any atom is 0.334 e. The first-order valence-corrected chi connectivity index (χ1v) is 4.15. The highest BCUT2D eigenvalue weighted by atomic mass is 35.5. The van der Waals surface area contributed by atoms with Gasteiger partial charge in [-0.05, 0) is 21.0 Å². The standard InChI is InChI=1S/C7H13NO2.CH3Cl/c1-6(2)7(9)10-5-8(3)4;1-2/h1,5H2,2-4H3;1H3. The lowest BCUT2D eigenvalue weighted by atomic mass is 10.4. The van der Waals surface area contributed by atoms with Gasteiger partial charge in [0.1, 0.15) is 6.73 Å². The smallest absolute Gasteiger partial charge is 0.334 e. The Kier molecular flexibility index (Phi) is 9.99. The Labute approximate surface area is 78.9 Å². The van der Waals surface area contributed by atoms with E-state index < -0.39 is 0 Å².